The fourth-order valence-corrected chi connectivity index (χ4v) is 4.18. The van der Waals surface area contributed by atoms with E-state index < -0.39 is 0 Å². The zero-order chi connectivity index (χ0) is 22.9. The number of benzene rings is 4. The highest BCUT2D eigenvalue weighted by molar-refractivity contribution is 7.80. The average molecular weight is 472 g/mol. The molecule has 0 aliphatic heterocycles. The fourth-order valence-electron chi connectivity index (χ4n) is 3.65. The molecule has 2 N–H and O–H groups in total. The molecule has 0 spiro atoms. The van der Waals surface area contributed by atoms with Gasteiger partial charge in [-0.25, -0.2) is 4.98 Å². The minimum atomic E-state index is -0.375. The molecule has 0 bridgehead atoms. The number of anilines is 1. The van der Waals surface area contributed by atoms with Crippen LogP contribution in [0.3, 0.4) is 0 Å². The van der Waals surface area contributed by atoms with Crippen LogP contribution in [0.5, 0.6) is 0 Å². The molecule has 5 rings (SSSR count). The first kappa shape index (κ1) is 21.1. The van der Waals surface area contributed by atoms with E-state index in [1.54, 1.807) is 12.1 Å². The van der Waals surface area contributed by atoms with Gasteiger partial charge in [-0.05, 0) is 66.5 Å². The molecule has 0 saturated carbocycles. The molecular weight excluding hydrogens is 454 g/mol. The lowest BCUT2D eigenvalue weighted by Crippen LogP contribution is -2.34. The standard InChI is InChI=1S/C26H18ClN3O2S/c1-15-9-11-20(21(27)13-15)24(31)30-26(33)28-18-7-4-6-17(14-18)25-29-23-19-8-3-2-5-16(19)10-12-22(23)32-25/h2-14H,1H3,(H2,28,30,31,33). The van der Waals surface area contributed by atoms with Gasteiger partial charge in [-0.15, -0.1) is 0 Å². The second-order valence-corrected chi connectivity index (χ2v) is 8.44. The average Bonchev–Trinajstić information content (AvgIpc) is 3.24. The van der Waals surface area contributed by atoms with Gasteiger partial charge in [0, 0.05) is 16.6 Å². The summed E-state index contributed by atoms with van der Waals surface area (Å²) in [5.74, 6) is 0.130. The Kier molecular flexibility index (Phi) is 5.54. The molecule has 1 heterocycles. The number of oxazole rings is 1. The van der Waals surface area contributed by atoms with Crippen molar-refractivity contribution < 1.29 is 9.21 Å². The third-order valence-electron chi connectivity index (χ3n) is 5.25. The molecule has 0 fully saturated rings. The van der Waals surface area contributed by atoms with Gasteiger partial charge in [0.25, 0.3) is 5.91 Å². The van der Waals surface area contributed by atoms with E-state index in [9.17, 15) is 4.79 Å². The van der Waals surface area contributed by atoms with E-state index in [0.29, 0.717) is 22.2 Å². The maximum atomic E-state index is 12.5. The van der Waals surface area contributed by atoms with Crippen molar-refractivity contribution in [3.63, 3.8) is 0 Å². The first-order valence-electron chi connectivity index (χ1n) is 10.3. The summed E-state index contributed by atoms with van der Waals surface area (Å²) in [6.07, 6.45) is 0. The van der Waals surface area contributed by atoms with Gasteiger partial charge in [0.15, 0.2) is 10.7 Å². The quantitative estimate of drug-likeness (QED) is 0.285. The number of thiocarbonyl (C=S) groups is 1. The predicted octanol–water partition coefficient (Wildman–Crippen LogP) is 6.74. The van der Waals surface area contributed by atoms with Crippen LogP contribution in [0.25, 0.3) is 33.3 Å². The van der Waals surface area contributed by atoms with Crippen LogP contribution in [-0.4, -0.2) is 16.0 Å². The number of aromatic nitrogens is 1. The zero-order valence-corrected chi connectivity index (χ0v) is 19.1. The Morgan fingerprint density at radius 1 is 1.00 bits per heavy atom. The molecule has 4 aromatic carbocycles. The van der Waals surface area contributed by atoms with Crippen molar-refractivity contribution in [3.05, 3.63) is 95.0 Å². The number of fused-ring (bicyclic) bond motifs is 3. The molecular formula is C26H18ClN3O2S. The van der Waals surface area contributed by atoms with Crippen LogP contribution in [0.1, 0.15) is 15.9 Å². The number of carbonyl (C=O) groups excluding carboxylic acids is 1. The molecule has 162 valence electrons. The highest BCUT2D eigenvalue weighted by Crippen LogP contribution is 2.30. The molecule has 5 aromatic rings. The number of hydrogen-bond acceptors (Lipinski definition) is 4. The highest BCUT2D eigenvalue weighted by atomic mass is 35.5. The number of amides is 1. The van der Waals surface area contributed by atoms with Gasteiger partial charge < -0.3 is 9.73 Å². The van der Waals surface area contributed by atoms with Crippen molar-refractivity contribution in [1.29, 1.82) is 0 Å². The maximum absolute atomic E-state index is 12.5. The minimum Gasteiger partial charge on any atom is -0.436 e. The van der Waals surface area contributed by atoms with Crippen LogP contribution >= 0.6 is 23.8 Å². The third kappa shape index (κ3) is 4.31. The van der Waals surface area contributed by atoms with Gasteiger partial charge in [0.2, 0.25) is 5.89 Å². The van der Waals surface area contributed by atoms with E-state index in [-0.39, 0.29) is 11.0 Å². The summed E-state index contributed by atoms with van der Waals surface area (Å²) >= 11 is 11.5. The number of hydrogen-bond donors (Lipinski definition) is 2. The molecule has 1 aromatic heterocycles. The van der Waals surface area contributed by atoms with Gasteiger partial charge in [0.05, 0.1) is 10.6 Å². The Bertz CT molecular complexity index is 1540. The zero-order valence-electron chi connectivity index (χ0n) is 17.6. The molecule has 33 heavy (non-hydrogen) atoms. The largest absolute Gasteiger partial charge is 0.436 e. The topological polar surface area (TPSA) is 67.2 Å². The number of carbonyl (C=O) groups is 1. The van der Waals surface area contributed by atoms with Crippen molar-refractivity contribution in [2.45, 2.75) is 6.92 Å². The summed E-state index contributed by atoms with van der Waals surface area (Å²) in [5.41, 5.74) is 4.36. The Balaban J connectivity index is 1.36. The normalized spacial score (nSPS) is 11.0. The van der Waals surface area contributed by atoms with Crippen molar-refractivity contribution in [2.24, 2.45) is 0 Å². The van der Waals surface area contributed by atoms with E-state index >= 15 is 0 Å². The number of aryl methyl sites for hydroxylation is 1. The van der Waals surface area contributed by atoms with E-state index in [4.69, 9.17) is 33.2 Å². The molecule has 5 nitrogen and oxygen atoms in total. The molecule has 0 aliphatic carbocycles. The Morgan fingerprint density at radius 3 is 2.70 bits per heavy atom. The summed E-state index contributed by atoms with van der Waals surface area (Å²) in [5, 5.41) is 8.38. The summed E-state index contributed by atoms with van der Waals surface area (Å²) < 4.78 is 6.01. The van der Waals surface area contributed by atoms with Gasteiger partial charge in [-0.1, -0.05) is 54.1 Å². The summed E-state index contributed by atoms with van der Waals surface area (Å²) in [7, 11) is 0. The van der Waals surface area contributed by atoms with Crippen LogP contribution in [0.4, 0.5) is 5.69 Å². The summed E-state index contributed by atoms with van der Waals surface area (Å²) in [6, 6.07) is 24.7. The monoisotopic (exact) mass is 471 g/mol. The number of halogens is 1. The second kappa shape index (κ2) is 8.65. The molecule has 0 aliphatic rings. The Morgan fingerprint density at radius 2 is 1.85 bits per heavy atom. The molecule has 7 heteroatoms. The van der Waals surface area contributed by atoms with E-state index in [0.717, 1.165) is 33.0 Å². The molecule has 0 atom stereocenters. The van der Waals surface area contributed by atoms with Gasteiger partial charge in [-0.2, -0.15) is 0 Å². The number of rotatable bonds is 3. The number of nitrogens with one attached hydrogen (secondary N) is 2. The lowest BCUT2D eigenvalue weighted by atomic mass is 10.1. The van der Waals surface area contributed by atoms with Crippen molar-refractivity contribution in [1.82, 2.24) is 10.3 Å². The van der Waals surface area contributed by atoms with Crippen molar-refractivity contribution in [3.8, 4) is 11.5 Å². The lowest BCUT2D eigenvalue weighted by molar-refractivity contribution is 0.0978. The smallest absolute Gasteiger partial charge is 0.258 e. The summed E-state index contributed by atoms with van der Waals surface area (Å²) in [6.45, 7) is 1.91. The molecule has 0 unspecified atom stereocenters. The highest BCUT2D eigenvalue weighted by Gasteiger charge is 2.14. The van der Waals surface area contributed by atoms with E-state index in [1.807, 2.05) is 73.7 Å². The first-order valence-corrected chi connectivity index (χ1v) is 11.0. The van der Waals surface area contributed by atoms with Gasteiger partial charge in [0.1, 0.15) is 5.52 Å². The first-order chi connectivity index (χ1) is 16.0. The third-order valence-corrected chi connectivity index (χ3v) is 5.76. The SMILES string of the molecule is Cc1ccc(C(=O)NC(=S)Nc2cccc(-c3nc4c(ccc5ccccc54)o3)c2)c(Cl)c1. The van der Waals surface area contributed by atoms with Crippen molar-refractivity contribution in [2.75, 3.05) is 5.32 Å². The van der Waals surface area contributed by atoms with Crippen LogP contribution < -0.4 is 10.6 Å². The number of nitrogens with zero attached hydrogens (tertiary/aromatic N) is 1. The molecule has 1 amide bonds. The van der Waals surface area contributed by atoms with Crippen LogP contribution in [0, 0.1) is 6.92 Å². The predicted molar refractivity (Wildman–Crippen MR) is 137 cm³/mol. The fraction of sp³-hybridized carbons (Fsp3) is 0.0385. The minimum absolute atomic E-state index is 0.164. The lowest BCUT2D eigenvalue weighted by Gasteiger charge is -2.11. The molecule has 0 radical (unpaired) electrons. The van der Waals surface area contributed by atoms with E-state index in [1.165, 1.54) is 0 Å². The Labute approximate surface area is 200 Å². The van der Waals surface area contributed by atoms with E-state index in [2.05, 4.69) is 10.6 Å². The van der Waals surface area contributed by atoms with Gasteiger partial charge >= 0.3 is 0 Å². The Hall–Kier alpha value is -3.74. The van der Waals surface area contributed by atoms with Crippen molar-refractivity contribution >= 4 is 62.4 Å². The second-order valence-electron chi connectivity index (χ2n) is 7.62. The van der Waals surface area contributed by atoms with Crippen LogP contribution in [0.15, 0.2) is 83.3 Å². The summed E-state index contributed by atoms with van der Waals surface area (Å²) in [4.78, 5) is 17.2. The maximum Gasteiger partial charge on any atom is 0.258 e. The van der Waals surface area contributed by atoms with Crippen LogP contribution in [0.2, 0.25) is 5.02 Å². The van der Waals surface area contributed by atoms with Gasteiger partial charge in [-0.3, -0.25) is 10.1 Å². The molecule has 0 saturated heterocycles. The van der Waals surface area contributed by atoms with Crippen LogP contribution in [-0.2, 0) is 0 Å².